The third-order valence-electron chi connectivity index (χ3n) is 4.62. The summed E-state index contributed by atoms with van der Waals surface area (Å²) in [5, 5.41) is 10.3. The topological polar surface area (TPSA) is 122 Å². The van der Waals surface area contributed by atoms with Crippen LogP contribution < -0.4 is 35.0 Å². The van der Waals surface area contributed by atoms with Gasteiger partial charge in [0.25, 0.3) is 0 Å². The van der Waals surface area contributed by atoms with Crippen molar-refractivity contribution in [2.75, 3.05) is 28.4 Å². The quantitative estimate of drug-likeness (QED) is 0.367. The number of benzene rings is 2. The molecule has 2 aromatic rings. The third kappa shape index (κ3) is 3.04. The summed E-state index contributed by atoms with van der Waals surface area (Å²) in [6.07, 6.45) is -0.875. The van der Waals surface area contributed by atoms with Crippen molar-refractivity contribution >= 4 is 5.78 Å². The van der Waals surface area contributed by atoms with E-state index in [-0.39, 0.29) is 23.0 Å². The first-order chi connectivity index (χ1) is 13.5. The average molecular weight is 390 g/mol. The fourth-order valence-corrected chi connectivity index (χ4v) is 3.27. The van der Waals surface area contributed by atoms with E-state index in [2.05, 4.69) is 5.43 Å². The number of carbonyl (C=O) groups excluding carboxylic acids is 1. The number of hydrazine groups is 1. The summed E-state index contributed by atoms with van der Waals surface area (Å²) in [5.41, 5.74) is 3.27. The maximum absolute atomic E-state index is 13.3. The number of nitrogens with two attached hydrogens (primary N) is 1. The van der Waals surface area contributed by atoms with Gasteiger partial charge < -0.3 is 28.8 Å². The molecule has 2 atom stereocenters. The van der Waals surface area contributed by atoms with Crippen LogP contribution in [0.4, 0.5) is 0 Å². The zero-order chi connectivity index (χ0) is 20.4. The predicted octanol–water partition coefficient (Wildman–Crippen LogP) is 1.57. The normalized spacial score (nSPS) is 17.5. The summed E-state index contributed by atoms with van der Waals surface area (Å²) in [4.78, 5) is 13.3. The largest absolute Gasteiger partial charge is 0.502 e. The maximum atomic E-state index is 13.3. The Hall–Kier alpha value is -3.17. The molecule has 1 aliphatic rings. The minimum absolute atomic E-state index is 0.146. The Morgan fingerprint density at radius 2 is 1.64 bits per heavy atom. The molecule has 9 nitrogen and oxygen atoms in total. The molecule has 0 saturated heterocycles. The highest BCUT2D eigenvalue weighted by Crippen LogP contribution is 2.49. The Morgan fingerprint density at radius 1 is 1.04 bits per heavy atom. The standard InChI is InChI=1S/C19H22N2O7/c1-24-11-6-5-10-14(19(21-20)28-17(10)16(11)23)15(22)9-7-12(25-2)18(27-4)13(8-9)26-3/h5-8,14,19,21,23H,20H2,1-4H3. The van der Waals surface area contributed by atoms with Gasteiger partial charge in [-0.25, -0.2) is 5.43 Å². The molecule has 0 aliphatic carbocycles. The molecule has 2 unspecified atom stereocenters. The number of ether oxygens (including phenoxy) is 5. The van der Waals surface area contributed by atoms with Crippen LogP contribution in [0.3, 0.4) is 0 Å². The molecule has 0 aromatic heterocycles. The highest BCUT2D eigenvalue weighted by atomic mass is 16.5. The molecular weight excluding hydrogens is 368 g/mol. The van der Waals surface area contributed by atoms with Crippen molar-refractivity contribution in [2.45, 2.75) is 12.1 Å². The van der Waals surface area contributed by atoms with Crippen molar-refractivity contribution in [1.82, 2.24) is 5.43 Å². The van der Waals surface area contributed by atoms with Crippen LogP contribution in [0.1, 0.15) is 21.8 Å². The van der Waals surface area contributed by atoms with Crippen LogP contribution in [0.25, 0.3) is 0 Å². The Kier molecular flexibility index (Phi) is 5.48. The molecule has 0 saturated carbocycles. The van der Waals surface area contributed by atoms with Crippen molar-refractivity contribution < 1.29 is 33.6 Å². The number of hydrogen-bond donors (Lipinski definition) is 3. The van der Waals surface area contributed by atoms with E-state index in [1.807, 2.05) is 0 Å². The molecule has 0 bridgehead atoms. The van der Waals surface area contributed by atoms with E-state index in [1.54, 1.807) is 24.3 Å². The third-order valence-corrected chi connectivity index (χ3v) is 4.62. The van der Waals surface area contributed by atoms with E-state index in [0.717, 1.165) is 0 Å². The number of carbonyl (C=O) groups is 1. The minimum atomic E-state index is -0.875. The van der Waals surface area contributed by atoms with Gasteiger partial charge in [-0.2, -0.15) is 0 Å². The lowest BCUT2D eigenvalue weighted by atomic mass is 9.90. The van der Waals surface area contributed by atoms with E-state index < -0.39 is 12.1 Å². The summed E-state index contributed by atoms with van der Waals surface area (Å²) in [6, 6.07) is 6.33. The first-order valence-electron chi connectivity index (χ1n) is 8.37. The number of phenolic OH excluding ortho intramolecular Hbond substituents is 1. The Labute approximate surface area is 161 Å². The van der Waals surface area contributed by atoms with Crippen LogP contribution in [-0.4, -0.2) is 45.6 Å². The molecule has 4 N–H and O–H groups in total. The van der Waals surface area contributed by atoms with Gasteiger partial charge in [0.15, 0.2) is 35.0 Å². The molecule has 0 radical (unpaired) electrons. The summed E-state index contributed by atoms with van der Waals surface area (Å²) in [6.45, 7) is 0. The van der Waals surface area contributed by atoms with Gasteiger partial charge in [-0.3, -0.25) is 10.6 Å². The molecule has 150 valence electrons. The van der Waals surface area contributed by atoms with Crippen molar-refractivity contribution in [3.8, 4) is 34.5 Å². The molecule has 1 heterocycles. The number of hydrogen-bond acceptors (Lipinski definition) is 9. The number of methoxy groups -OCH3 is 4. The van der Waals surface area contributed by atoms with Gasteiger partial charge >= 0.3 is 0 Å². The maximum Gasteiger partial charge on any atom is 0.203 e. The fraction of sp³-hybridized carbons (Fsp3) is 0.316. The van der Waals surface area contributed by atoms with Gasteiger partial charge in [-0.15, -0.1) is 0 Å². The van der Waals surface area contributed by atoms with Crippen LogP contribution in [0.15, 0.2) is 24.3 Å². The lowest BCUT2D eigenvalue weighted by Crippen LogP contribution is -2.43. The van der Waals surface area contributed by atoms with Gasteiger partial charge in [0.1, 0.15) is 5.92 Å². The van der Waals surface area contributed by atoms with Gasteiger partial charge in [0.2, 0.25) is 11.5 Å². The van der Waals surface area contributed by atoms with Gasteiger partial charge in [0, 0.05) is 11.1 Å². The summed E-state index contributed by atoms with van der Waals surface area (Å²) in [7, 11) is 5.84. The molecular formula is C19H22N2O7. The van der Waals surface area contributed by atoms with Gasteiger partial charge in [-0.1, -0.05) is 6.07 Å². The van der Waals surface area contributed by atoms with Crippen molar-refractivity contribution in [2.24, 2.45) is 5.84 Å². The van der Waals surface area contributed by atoms with Gasteiger partial charge in [0.05, 0.1) is 28.4 Å². The van der Waals surface area contributed by atoms with Crippen molar-refractivity contribution in [1.29, 1.82) is 0 Å². The Morgan fingerprint density at radius 3 is 2.14 bits per heavy atom. The molecule has 0 amide bonds. The van der Waals surface area contributed by atoms with Crippen LogP contribution in [0.2, 0.25) is 0 Å². The van der Waals surface area contributed by atoms with E-state index in [0.29, 0.717) is 28.4 Å². The number of fused-ring (bicyclic) bond motifs is 1. The second-order valence-electron chi connectivity index (χ2n) is 6.00. The van der Waals surface area contributed by atoms with E-state index in [1.165, 1.54) is 28.4 Å². The van der Waals surface area contributed by atoms with E-state index in [4.69, 9.17) is 29.5 Å². The summed E-state index contributed by atoms with van der Waals surface area (Å²) < 4.78 is 26.7. The smallest absolute Gasteiger partial charge is 0.203 e. The number of rotatable bonds is 7. The van der Waals surface area contributed by atoms with Crippen LogP contribution in [0, 0.1) is 0 Å². The average Bonchev–Trinajstić information content (AvgIpc) is 3.11. The SMILES string of the molecule is COc1ccc2c(c1O)OC(NN)C2C(=O)c1cc(OC)c(OC)c(OC)c1. The Balaban J connectivity index is 2.09. The fourth-order valence-electron chi connectivity index (χ4n) is 3.27. The van der Waals surface area contributed by atoms with Crippen LogP contribution in [0.5, 0.6) is 34.5 Å². The second-order valence-corrected chi connectivity index (χ2v) is 6.00. The molecule has 3 rings (SSSR count). The monoisotopic (exact) mass is 390 g/mol. The number of Topliss-reactive ketones (excluding diaryl/α,β-unsaturated/α-hetero) is 1. The van der Waals surface area contributed by atoms with E-state index >= 15 is 0 Å². The molecule has 0 fully saturated rings. The van der Waals surface area contributed by atoms with E-state index in [9.17, 15) is 9.90 Å². The number of aromatic hydroxyl groups is 1. The van der Waals surface area contributed by atoms with Crippen LogP contribution >= 0.6 is 0 Å². The molecule has 2 aromatic carbocycles. The van der Waals surface area contributed by atoms with Crippen molar-refractivity contribution in [3.05, 3.63) is 35.4 Å². The zero-order valence-corrected chi connectivity index (χ0v) is 15.9. The molecule has 1 aliphatic heterocycles. The van der Waals surface area contributed by atoms with Crippen molar-refractivity contribution in [3.63, 3.8) is 0 Å². The lowest BCUT2D eigenvalue weighted by Gasteiger charge is -2.19. The summed E-state index contributed by atoms with van der Waals surface area (Å²) in [5.74, 6) is 5.73. The molecule has 9 heteroatoms. The first-order valence-corrected chi connectivity index (χ1v) is 8.37. The zero-order valence-electron chi connectivity index (χ0n) is 15.9. The van der Waals surface area contributed by atoms with Gasteiger partial charge in [-0.05, 0) is 18.2 Å². The number of nitrogens with one attached hydrogen (secondary N) is 1. The Bertz CT molecular complexity index is 875. The lowest BCUT2D eigenvalue weighted by molar-refractivity contribution is 0.0858. The highest BCUT2D eigenvalue weighted by Gasteiger charge is 2.42. The second kappa shape index (κ2) is 7.83. The molecule has 28 heavy (non-hydrogen) atoms. The first kappa shape index (κ1) is 19.6. The number of phenols is 1. The summed E-state index contributed by atoms with van der Waals surface area (Å²) >= 11 is 0. The molecule has 0 spiro atoms. The predicted molar refractivity (Wildman–Crippen MR) is 99.6 cm³/mol. The minimum Gasteiger partial charge on any atom is -0.502 e. The number of ketones is 1. The highest BCUT2D eigenvalue weighted by molar-refractivity contribution is 6.03. The van der Waals surface area contributed by atoms with Crippen LogP contribution in [-0.2, 0) is 0 Å².